The lowest BCUT2D eigenvalue weighted by atomic mass is 9.83. The van der Waals surface area contributed by atoms with E-state index in [1.165, 1.54) is 18.2 Å². The van der Waals surface area contributed by atoms with E-state index in [-0.39, 0.29) is 18.8 Å². The molecule has 3 aromatic rings. The van der Waals surface area contributed by atoms with Gasteiger partial charge in [0.15, 0.2) is 0 Å². The summed E-state index contributed by atoms with van der Waals surface area (Å²) in [6.45, 7) is 3.57. The Balaban J connectivity index is 0.000000175. The number of halogens is 1. The SMILES string of the molecule is C=C(BO)c1ccc(F)c(C#N)c1.Oc1cccc2cccnc12. The normalized spacial score (nSPS) is 9.54. The lowest BCUT2D eigenvalue weighted by Gasteiger charge is -2.01. The van der Waals surface area contributed by atoms with Gasteiger partial charge in [-0.15, -0.1) is 6.58 Å². The van der Waals surface area contributed by atoms with Crippen LogP contribution in [-0.2, 0) is 0 Å². The van der Waals surface area contributed by atoms with Gasteiger partial charge in [-0.25, -0.2) is 4.39 Å². The molecule has 0 aliphatic heterocycles. The topological polar surface area (TPSA) is 77.1 Å². The highest BCUT2D eigenvalue weighted by Crippen LogP contribution is 2.20. The number of aromatic hydroxyl groups is 1. The van der Waals surface area contributed by atoms with Crippen molar-refractivity contribution >= 4 is 23.9 Å². The number of nitrogens with zero attached hydrogens (tertiary/aromatic N) is 2. The summed E-state index contributed by atoms with van der Waals surface area (Å²) < 4.78 is 12.8. The number of hydrogen-bond donors (Lipinski definition) is 2. The monoisotopic (exact) mass is 320 g/mol. The second-order valence-electron chi connectivity index (χ2n) is 4.92. The number of benzene rings is 2. The van der Waals surface area contributed by atoms with Crippen LogP contribution in [-0.4, -0.2) is 22.6 Å². The van der Waals surface area contributed by atoms with Gasteiger partial charge >= 0.3 is 7.48 Å². The summed E-state index contributed by atoms with van der Waals surface area (Å²) in [5, 5.41) is 27.5. The van der Waals surface area contributed by atoms with Crippen molar-refractivity contribution in [1.29, 1.82) is 5.26 Å². The summed E-state index contributed by atoms with van der Waals surface area (Å²) in [5.41, 5.74) is 1.68. The molecule has 2 N–H and O–H groups in total. The van der Waals surface area contributed by atoms with Crippen molar-refractivity contribution in [3.05, 3.63) is 78.3 Å². The van der Waals surface area contributed by atoms with E-state index in [1.54, 1.807) is 24.4 Å². The van der Waals surface area contributed by atoms with E-state index in [0.717, 1.165) is 5.39 Å². The van der Waals surface area contributed by atoms with Gasteiger partial charge in [0, 0.05) is 11.6 Å². The van der Waals surface area contributed by atoms with Gasteiger partial charge in [-0.2, -0.15) is 5.26 Å². The van der Waals surface area contributed by atoms with Gasteiger partial charge < -0.3 is 10.1 Å². The van der Waals surface area contributed by atoms with Crippen LogP contribution >= 0.6 is 0 Å². The fourth-order valence-corrected chi connectivity index (χ4v) is 2.01. The molecule has 0 radical (unpaired) electrons. The smallest absolute Gasteiger partial charge is 0.304 e. The molecule has 0 amide bonds. The number of nitriles is 1. The van der Waals surface area contributed by atoms with Gasteiger partial charge in [-0.3, -0.25) is 4.98 Å². The van der Waals surface area contributed by atoms with E-state index in [9.17, 15) is 9.50 Å². The molecule has 1 aromatic heterocycles. The summed E-state index contributed by atoms with van der Waals surface area (Å²) in [5.74, 6) is -0.319. The van der Waals surface area contributed by atoms with Crippen molar-refractivity contribution in [2.45, 2.75) is 0 Å². The van der Waals surface area contributed by atoms with E-state index < -0.39 is 5.82 Å². The van der Waals surface area contributed by atoms with Crippen LogP contribution in [0.2, 0.25) is 0 Å². The minimum absolute atomic E-state index is 0.0351. The maximum Gasteiger partial charge on any atom is 0.304 e. The van der Waals surface area contributed by atoms with Crippen LogP contribution in [0.4, 0.5) is 4.39 Å². The standard InChI is InChI=1S/C9H7BFNO.C9H7NO/c1-6(10-13)7-2-3-9(11)8(4-7)5-12;11-8-5-1-3-7-4-2-6-10-9(7)8/h2-4,10,13H,1H2;1-6,11H. The lowest BCUT2D eigenvalue weighted by molar-refractivity contribution is 0.480. The molecule has 0 atom stereocenters. The Labute approximate surface area is 139 Å². The summed E-state index contributed by atoms with van der Waals surface area (Å²) in [6.07, 6.45) is 1.67. The van der Waals surface area contributed by atoms with Crippen LogP contribution in [0.15, 0.2) is 61.3 Å². The Morgan fingerprint density at radius 2 is 1.96 bits per heavy atom. The largest absolute Gasteiger partial charge is 0.506 e. The zero-order chi connectivity index (χ0) is 17.5. The van der Waals surface area contributed by atoms with Crippen LogP contribution in [0, 0.1) is 17.1 Å². The molecule has 0 aliphatic carbocycles. The molecule has 0 saturated heterocycles. The van der Waals surface area contributed by atoms with Crippen molar-refractivity contribution in [3.63, 3.8) is 0 Å². The van der Waals surface area contributed by atoms with E-state index in [4.69, 9.17) is 10.3 Å². The number of pyridine rings is 1. The summed E-state index contributed by atoms with van der Waals surface area (Å²) in [6, 6.07) is 14.9. The molecule has 0 bridgehead atoms. The molecule has 6 heteroatoms. The minimum Gasteiger partial charge on any atom is -0.506 e. The molecule has 1 heterocycles. The van der Waals surface area contributed by atoms with Crippen LogP contribution in [0.25, 0.3) is 16.4 Å². The van der Waals surface area contributed by atoms with Gasteiger partial charge in [0.25, 0.3) is 0 Å². The highest BCUT2D eigenvalue weighted by Gasteiger charge is 2.04. The quantitative estimate of drug-likeness (QED) is 0.712. The maximum atomic E-state index is 12.8. The highest BCUT2D eigenvalue weighted by atomic mass is 19.1. The number of aromatic nitrogens is 1. The zero-order valence-electron chi connectivity index (χ0n) is 12.8. The molecular formula is C18H14BFN2O2. The number of hydrogen-bond acceptors (Lipinski definition) is 4. The van der Waals surface area contributed by atoms with Gasteiger partial charge in [0.1, 0.15) is 23.2 Å². The van der Waals surface area contributed by atoms with E-state index >= 15 is 0 Å². The van der Waals surface area contributed by atoms with Gasteiger partial charge in [-0.1, -0.05) is 29.7 Å². The molecule has 24 heavy (non-hydrogen) atoms. The number of rotatable bonds is 2. The molecule has 0 fully saturated rings. The maximum absolute atomic E-state index is 12.8. The predicted molar refractivity (Wildman–Crippen MR) is 92.9 cm³/mol. The molecule has 118 valence electrons. The first-order valence-electron chi connectivity index (χ1n) is 7.08. The van der Waals surface area contributed by atoms with Crippen molar-refractivity contribution in [3.8, 4) is 11.8 Å². The molecule has 0 saturated carbocycles. The number of fused-ring (bicyclic) bond motifs is 1. The first-order chi connectivity index (χ1) is 11.6. The average molecular weight is 320 g/mol. The summed E-state index contributed by atoms with van der Waals surface area (Å²) >= 11 is 0. The summed E-state index contributed by atoms with van der Waals surface area (Å²) in [7, 11) is -0.198. The Morgan fingerprint density at radius 3 is 2.62 bits per heavy atom. The van der Waals surface area contributed by atoms with Crippen LogP contribution in [0.3, 0.4) is 0 Å². The Hall–Kier alpha value is -3.17. The predicted octanol–water partition coefficient (Wildman–Crippen LogP) is 2.95. The van der Waals surface area contributed by atoms with E-state index in [1.807, 2.05) is 18.2 Å². The molecule has 4 nitrogen and oxygen atoms in total. The van der Waals surface area contributed by atoms with Crippen molar-refractivity contribution < 1.29 is 14.5 Å². The van der Waals surface area contributed by atoms with Crippen LogP contribution < -0.4 is 0 Å². The number of phenols is 1. The van der Waals surface area contributed by atoms with E-state index in [0.29, 0.717) is 16.6 Å². The molecule has 0 aliphatic rings. The minimum atomic E-state index is -0.558. The average Bonchev–Trinajstić information content (AvgIpc) is 2.62. The molecule has 2 aromatic carbocycles. The number of phenolic OH excluding ortho intramolecular Hbond substituents is 1. The number of para-hydroxylation sites is 1. The Morgan fingerprint density at radius 1 is 1.21 bits per heavy atom. The second-order valence-corrected chi connectivity index (χ2v) is 4.92. The third-order valence-electron chi connectivity index (χ3n) is 3.30. The Kier molecular flexibility index (Phi) is 5.66. The first kappa shape index (κ1) is 17.2. The van der Waals surface area contributed by atoms with Crippen LogP contribution in [0.1, 0.15) is 11.1 Å². The van der Waals surface area contributed by atoms with Gasteiger partial charge in [0.05, 0.1) is 5.56 Å². The fraction of sp³-hybridized carbons (Fsp3) is 0. The summed E-state index contributed by atoms with van der Waals surface area (Å²) in [4.78, 5) is 4.03. The molecule has 0 unspecified atom stereocenters. The lowest BCUT2D eigenvalue weighted by Crippen LogP contribution is -1.94. The highest BCUT2D eigenvalue weighted by molar-refractivity contribution is 6.53. The van der Waals surface area contributed by atoms with Crippen molar-refractivity contribution in [2.75, 3.05) is 0 Å². The third kappa shape index (κ3) is 3.97. The van der Waals surface area contributed by atoms with Crippen molar-refractivity contribution in [1.82, 2.24) is 4.98 Å². The van der Waals surface area contributed by atoms with Gasteiger partial charge in [0.2, 0.25) is 0 Å². The molecule has 3 rings (SSSR count). The second kappa shape index (κ2) is 7.91. The van der Waals surface area contributed by atoms with Crippen LogP contribution in [0.5, 0.6) is 5.75 Å². The molecule has 0 spiro atoms. The van der Waals surface area contributed by atoms with Crippen molar-refractivity contribution in [2.24, 2.45) is 0 Å². The van der Waals surface area contributed by atoms with E-state index in [2.05, 4.69) is 11.6 Å². The van der Waals surface area contributed by atoms with Gasteiger partial charge in [-0.05, 0) is 29.8 Å². The molecular weight excluding hydrogens is 306 g/mol. The zero-order valence-corrected chi connectivity index (χ0v) is 12.8. The first-order valence-corrected chi connectivity index (χ1v) is 7.08. The Bertz CT molecular complexity index is 917. The third-order valence-corrected chi connectivity index (χ3v) is 3.30. The fourth-order valence-electron chi connectivity index (χ4n) is 2.01.